The molecule has 70 valence electrons. The van der Waals surface area contributed by atoms with Gasteiger partial charge in [0.25, 0.3) is 5.91 Å². The van der Waals surface area contributed by atoms with Crippen LogP contribution in [0.25, 0.3) is 0 Å². The summed E-state index contributed by atoms with van der Waals surface area (Å²) >= 11 is 0. The van der Waals surface area contributed by atoms with Gasteiger partial charge in [0.15, 0.2) is 5.71 Å². The van der Waals surface area contributed by atoms with E-state index >= 15 is 0 Å². The van der Waals surface area contributed by atoms with Gasteiger partial charge >= 0.3 is 6.03 Å². The van der Waals surface area contributed by atoms with Crippen LogP contribution in [0.1, 0.15) is 6.92 Å². The van der Waals surface area contributed by atoms with Crippen molar-refractivity contribution in [2.45, 2.75) is 6.92 Å². The molecule has 6 nitrogen and oxygen atoms in total. The monoisotopic (exact) mass is 191 g/mol. The van der Waals surface area contributed by atoms with Crippen LogP contribution in [0.2, 0.25) is 0 Å². The molecule has 2 aliphatic rings. The predicted molar refractivity (Wildman–Crippen MR) is 47.2 cm³/mol. The van der Waals surface area contributed by atoms with Gasteiger partial charge in [-0.25, -0.2) is 9.79 Å². The molecule has 0 radical (unpaired) electrons. The molecule has 0 unspecified atom stereocenters. The van der Waals surface area contributed by atoms with Crippen LogP contribution in [-0.2, 0) is 9.59 Å². The molecular weight excluding hydrogens is 186 g/mol. The quantitative estimate of drug-likeness (QED) is 0.565. The maximum Gasteiger partial charge on any atom is 0.348 e. The minimum Gasteiger partial charge on any atom is -0.287 e. The van der Waals surface area contributed by atoms with E-state index in [1.165, 1.54) is 6.08 Å². The van der Waals surface area contributed by atoms with Crippen LogP contribution in [0, 0.1) is 0 Å². The van der Waals surface area contributed by atoms with Gasteiger partial charge in [-0.15, -0.1) is 0 Å². The third-order valence-electron chi connectivity index (χ3n) is 1.73. The van der Waals surface area contributed by atoms with Crippen molar-refractivity contribution in [3.63, 3.8) is 0 Å². The summed E-state index contributed by atoms with van der Waals surface area (Å²) in [7, 11) is 0. The molecule has 0 aromatic rings. The molecule has 3 amide bonds. The van der Waals surface area contributed by atoms with Crippen molar-refractivity contribution in [1.82, 2.24) is 5.32 Å². The summed E-state index contributed by atoms with van der Waals surface area (Å²) in [5.41, 5.74) is 0.160. The molecule has 6 heteroatoms. The van der Waals surface area contributed by atoms with E-state index in [-0.39, 0.29) is 11.4 Å². The zero-order valence-corrected chi connectivity index (χ0v) is 7.20. The summed E-state index contributed by atoms with van der Waals surface area (Å²) in [6, 6.07) is -0.828. The number of hydrogen-bond acceptors (Lipinski definition) is 4. The average Bonchev–Trinajstić information content (AvgIpc) is 2.07. The highest BCUT2D eigenvalue weighted by Gasteiger charge is 2.32. The van der Waals surface area contributed by atoms with E-state index in [1.54, 1.807) is 6.92 Å². The lowest BCUT2D eigenvalue weighted by molar-refractivity contribution is -0.114. The maximum atomic E-state index is 11.3. The first-order valence-corrected chi connectivity index (χ1v) is 3.83. The molecule has 0 spiro atoms. The van der Waals surface area contributed by atoms with Gasteiger partial charge in [-0.3, -0.25) is 14.9 Å². The smallest absolute Gasteiger partial charge is 0.287 e. The molecule has 0 saturated heterocycles. The van der Waals surface area contributed by atoms with Crippen LogP contribution in [-0.4, -0.2) is 29.1 Å². The molecule has 2 heterocycles. The molecule has 0 aromatic heterocycles. The second-order valence-electron chi connectivity index (χ2n) is 2.83. The van der Waals surface area contributed by atoms with Crippen LogP contribution in [0.15, 0.2) is 21.8 Å². The van der Waals surface area contributed by atoms with Gasteiger partial charge in [0.2, 0.25) is 5.78 Å². The molecule has 0 aromatic carbocycles. The van der Waals surface area contributed by atoms with Gasteiger partial charge in [0.1, 0.15) is 5.71 Å². The number of carbonyl (C=O) groups excluding carboxylic acids is 3. The van der Waals surface area contributed by atoms with Crippen LogP contribution in [0.3, 0.4) is 0 Å². The highest BCUT2D eigenvalue weighted by Crippen LogP contribution is 2.08. The summed E-state index contributed by atoms with van der Waals surface area (Å²) in [4.78, 5) is 40.5. The number of nitrogens with one attached hydrogen (secondary N) is 1. The summed E-state index contributed by atoms with van der Waals surface area (Å²) in [5.74, 6) is -1.14. The number of amides is 3. The van der Waals surface area contributed by atoms with Crippen molar-refractivity contribution < 1.29 is 14.4 Å². The number of rotatable bonds is 0. The minimum absolute atomic E-state index is 0.0883. The Morgan fingerprint density at radius 3 is 2.57 bits per heavy atom. The van der Waals surface area contributed by atoms with Crippen LogP contribution < -0.4 is 5.32 Å². The Morgan fingerprint density at radius 2 is 1.86 bits per heavy atom. The zero-order valence-electron chi connectivity index (χ0n) is 7.20. The lowest BCUT2D eigenvalue weighted by atomic mass is 10.1. The van der Waals surface area contributed by atoms with Gasteiger partial charge in [0.05, 0.1) is 0 Å². The topological polar surface area (TPSA) is 88.0 Å². The second kappa shape index (κ2) is 2.69. The summed E-state index contributed by atoms with van der Waals surface area (Å²) in [6.07, 6.45) is 1.23. The fraction of sp³-hybridized carbons (Fsp3) is 0.125. The standard InChI is InChI=1S/C8H5N3O3/c1-3-2-4(12)5-6(9-3)7(13)11-8(14)10-5/h2H,1H3,(H,11,13,14). The van der Waals surface area contributed by atoms with Gasteiger partial charge in [0, 0.05) is 11.8 Å². The minimum atomic E-state index is -0.828. The first kappa shape index (κ1) is 8.49. The number of nitrogens with zero attached hydrogens (tertiary/aromatic N) is 2. The van der Waals surface area contributed by atoms with Crippen molar-refractivity contribution in [1.29, 1.82) is 0 Å². The molecule has 0 fully saturated rings. The Hall–Kier alpha value is -2.11. The average molecular weight is 191 g/mol. The SMILES string of the molecule is CC1=CC(=O)C2=NC(=O)NC(=O)C2=N1. The van der Waals surface area contributed by atoms with Crippen LogP contribution >= 0.6 is 0 Å². The summed E-state index contributed by atoms with van der Waals surface area (Å²) < 4.78 is 0. The lowest BCUT2D eigenvalue weighted by Gasteiger charge is -2.14. The van der Waals surface area contributed by atoms with Gasteiger partial charge in [-0.2, -0.15) is 4.99 Å². The number of imide groups is 1. The van der Waals surface area contributed by atoms with E-state index in [1.807, 2.05) is 5.32 Å². The number of ketones is 1. The van der Waals surface area contributed by atoms with E-state index in [0.29, 0.717) is 5.70 Å². The van der Waals surface area contributed by atoms with Crippen molar-refractivity contribution >= 4 is 29.1 Å². The highest BCUT2D eigenvalue weighted by atomic mass is 16.2. The molecule has 14 heavy (non-hydrogen) atoms. The van der Waals surface area contributed by atoms with Crippen molar-refractivity contribution in [3.8, 4) is 0 Å². The van der Waals surface area contributed by atoms with Crippen LogP contribution in [0.5, 0.6) is 0 Å². The largest absolute Gasteiger partial charge is 0.348 e. The van der Waals surface area contributed by atoms with Crippen LogP contribution in [0.4, 0.5) is 4.79 Å². The zero-order chi connectivity index (χ0) is 10.3. The first-order valence-electron chi connectivity index (χ1n) is 3.83. The van der Waals surface area contributed by atoms with Crippen molar-refractivity contribution in [2.24, 2.45) is 9.98 Å². The van der Waals surface area contributed by atoms with Crippen molar-refractivity contribution in [2.75, 3.05) is 0 Å². The maximum absolute atomic E-state index is 11.3. The Morgan fingerprint density at radius 1 is 1.14 bits per heavy atom. The first-order chi connectivity index (χ1) is 6.58. The molecule has 2 aliphatic heterocycles. The molecule has 0 bridgehead atoms. The molecule has 0 saturated carbocycles. The Kier molecular flexibility index (Phi) is 1.63. The number of urea groups is 1. The number of carbonyl (C=O) groups is 3. The number of hydrogen-bond donors (Lipinski definition) is 1. The van der Waals surface area contributed by atoms with Gasteiger partial charge in [-0.05, 0) is 6.92 Å². The van der Waals surface area contributed by atoms with E-state index in [4.69, 9.17) is 0 Å². The molecule has 2 rings (SSSR count). The number of allylic oxidation sites excluding steroid dienone is 2. The Labute approximate surface area is 78.4 Å². The van der Waals surface area contributed by atoms with Gasteiger partial charge in [-0.1, -0.05) is 0 Å². The third-order valence-corrected chi connectivity index (χ3v) is 1.73. The summed E-state index contributed by atoms with van der Waals surface area (Å²) in [6.45, 7) is 1.59. The lowest BCUT2D eigenvalue weighted by Crippen LogP contribution is -2.47. The second-order valence-corrected chi connectivity index (χ2v) is 2.83. The third kappa shape index (κ3) is 1.17. The van der Waals surface area contributed by atoms with E-state index in [2.05, 4.69) is 9.98 Å². The molecule has 0 aliphatic carbocycles. The Bertz CT molecular complexity index is 456. The summed E-state index contributed by atoms with van der Waals surface area (Å²) in [5, 5.41) is 1.94. The predicted octanol–water partition coefficient (Wildman–Crippen LogP) is -0.395. The normalized spacial score (nSPS) is 20.6. The number of fused-ring (bicyclic) bond motifs is 1. The Balaban J connectivity index is 2.59. The van der Waals surface area contributed by atoms with Crippen molar-refractivity contribution in [3.05, 3.63) is 11.8 Å². The fourth-order valence-corrected chi connectivity index (χ4v) is 1.19. The van der Waals surface area contributed by atoms with Gasteiger partial charge < -0.3 is 0 Å². The molecule has 1 N–H and O–H groups in total. The number of aliphatic imine (C=N–C) groups is 2. The molecule has 0 atom stereocenters. The van der Waals surface area contributed by atoms with E-state index in [9.17, 15) is 14.4 Å². The van der Waals surface area contributed by atoms with E-state index < -0.39 is 17.7 Å². The fourth-order valence-electron chi connectivity index (χ4n) is 1.19. The molecular formula is C8H5N3O3. The van der Waals surface area contributed by atoms with E-state index in [0.717, 1.165) is 0 Å². The highest BCUT2D eigenvalue weighted by molar-refractivity contribution is 6.84.